The summed E-state index contributed by atoms with van der Waals surface area (Å²) in [6.45, 7) is 2.08. The zero-order chi connectivity index (χ0) is 24.0. The van der Waals surface area contributed by atoms with Crippen LogP contribution in [0.4, 0.5) is 0 Å². The third kappa shape index (κ3) is 5.94. The molecule has 0 fully saturated rings. The van der Waals surface area contributed by atoms with E-state index >= 15 is 0 Å². The Kier molecular flexibility index (Phi) is 8.13. The second-order valence-corrected chi connectivity index (χ2v) is 7.77. The number of rotatable bonds is 10. The third-order valence-corrected chi connectivity index (χ3v) is 5.12. The van der Waals surface area contributed by atoms with Gasteiger partial charge in [-0.05, 0) is 30.7 Å². The van der Waals surface area contributed by atoms with Crippen LogP contribution in [-0.4, -0.2) is 47.2 Å². The number of primary amides is 1. The van der Waals surface area contributed by atoms with Crippen molar-refractivity contribution in [3.63, 3.8) is 0 Å². The van der Waals surface area contributed by atoms with Gasteiger partial charge in [0.15, 0.2) is 18.1 Å². The molecule has 0 bridgehead atoms. The molecule has 0 spiro atoms. The zero-order valence-electron chi connectivity index (χ0n) is 18.0. The highest BCUT2D eigenvalue weighted by molar-refractivity contribution is 6.33. The summed E-state index contributed by atoms with van der Waals surface area (Å²) in [5.74, 6) is -0.152. The lowest BCUT2D eigenvalue weighted by molar-refractivity contribution is -0.119. The van der Waals surface area contributed by atoms with Gasteiger partial charge >= 0.3 is 0 Å². The van der Waals surface area contributed by atoms with Crippen LogP contribution in [0.5, 0.6) is 11.5 Å². The van der Waals surface area contributed by atoms with Crippen LogP contribution >= 0.6 is 23.2 Å². The summed E-state index contributed by atoms with van der Waals surface area (Å²) in [6.07, 6.45) is 0.696. The molecule has 3 rings (SSSR count). The van der Waals surface area contributed by atoms with Gasteiger partial charge in [0.05, 0.1) is 29.3 Å². The molecule has 174 valence electrons. The molecule has 0 atom stereocenters. The molecule has 1 aromatic heterocycles. The first-order valence-corrected chi connectivity index (χ1v) is 10.7. The lowest BCUT2D eigenvalue weighted by Crippen LogP contribution is -2.31. The van der Waals surface area contributed by atoms with Gasteiger partial charge in [0.25, 0.3) is 11.8 Å². The Balaban J connectivity index is 1.84. The first kappa shape index (κ1) is 24.3. The number of methoxy groups -OCH3 is 1. The van der Waals surface area contributed by atoms with Gasteiger partial charge in [0, 0.05) is 12.1 Å². The van der Waals surface area contributed by atoms with Crippen molar-refractivity contribution in [2.24, 2.45) is 5.73 Å². The zero-order valence-corrected chi connectivity index (χ0v) is 19.5. The Morgan fingerprint density at radius 2 is 1.91 bits per heavy atom. The molecule has 11 heteroatoms. The highest BCUT2D eigenvalue weighted by atomic mass is 35.5. The number of amides is 2. The lowest BCUT2D eigenvalue weighted by atomic mass is 10.1. The van der Waals surface area contributed by atoms with Crippen molar-refractivity contribution in [3.05, 3.63) is 57.9 Å². The van der Waals surface area contributed by atoms with Gasteiger partial charge in [0.1, 0.15) is 0 Å². The van der Waals surface area contributed by atoms with E-state index in [9.17, 15) is 9.59 Å². The van der Waals surface area contributed by atoms with Crippen LogP contribution < -0.4 is 15.2 Å². The summed E-state index contributed by atoms with van der Waals surface area (Å²) in [7, 11) is 1.40. The fourth-order valence-corrected chi connectivity index (χ4v) is 3.54. The molecule has 0 aliphatic heterocycles. The summed E-state index contributed by atoms with van der Waals surface area (Å²) in [6, 6.07) is 10.0. The SMILES string of the molecule is CCCN(Cc1nnc(-c2ccccc2Cl)o1)C(=O)c1cc(Cl)c(OCC(N)=O)c(OC)c1. The molecular weight excluding hydrogens is 471 g/mol. The molecule has 0 radical (unpaired) electrons. The van der Waals surface area contributed by atoms with Gasteiger partial charge in [-0.2, -0.15) is 0 Å². The Hall–Kier alpha value is -3.30. The maximum Gasteiger partial charge on any atom is 0.255 e. The van der Waals surface area contributed by atoms with Crippen LogP contribution in [0.25, 0.3) is 11.5 Å². The number of hydrogen-bond donors (Lipinski definition) is 1. The minimum atomic E-state index is -0.668. The number of nitrogens with two attached hydrogens (primary N) is 1. The monoisotopic (exact) mass is 492 g/mol. The summed E-state index contributed by atoms with van der Waals surface area (Å²) in [5.41, 5.74) is 5.99. The third-order valence-electron chi connectivity index (χ3n) is 4.51. The quantitative estimate of drug-likeness (QED) is 0.454. The van der Waals surface area contributed by atoms with Gasteiger partial charge in [-0.25, -0.2) is 0 Å². The second-order valence-electron chi connectivity index (χ2n) is 6.95. The maximum absolute atomic E-state index is 13.3. The molecule has 2 N–H and O–H groups in total. The van der Waals surface area contributed by atoms with E-state index in [2.05, 4.69) is 10.2 Å². The van der Waals surface area contributed by atoms with Gasteiger partial charge in [-0.3, -0.25) is 9.59 Å². The summed E-state index contributed by atoms with van der Waals surface area (Å²) < 4.78 is 16.3. The molecule has 1 heterocycles. The molecular formula is C22H22Cl2N4O5. The summed E-state index contributed by atoms with van der Waals surface area (Å²) in [5, 5.41) is 8.69. The molecule has 33 heavy (non-hydrogen) atoms. The number of benzene rings is 2. The van der Waals surface area contributed by atoms with Crippen molar-refractivity contribution >= 4 is 35.0 Å². The molecule has 0 aliphatic carbocycles. The number of ether oxygens (including phenoxy) is 2. The fraction of sp³-hybridized carbons (Fsp3) is 0.273. The Morgan fingerprint density at radius 1 is 1.15 bits per heavy atom. The van der Waals surface area contributed by atoms with E-state index in [0.29, 0.717) is 23.6 Å². The summed E-state index contributed by atoms with van der Waals surface area (Å²) >= 11 is 12.5. The first-order chi connectivity index (χ1) is 15.8. The van der Waals surface area contributed by atoms with E-state index in [4.69, 9.17) is 42.8 Å². The maximum atomic E-state index is 13.3. The Morgan fingerprint density at radius 3 is 2.58 bits per heavy atom. The van der Waals surface area contributed by atoms with Crippen molar-refractivity contribution in [2.75, 3.05) is 20.3 Å². The molecule has 3 aromatic rings. The van der Waals surface area contributed by atoms with E-state index in [-0.39, 0.29) is 52.9 Å². The number of halogens is 2. The highest BCUT2D eigenvalue weighted by Crippen LogP contribution is 2.37. The predicted octanol–water partition coefficient (Wildman–Crippen LogP) is 3.97. The average Bonchev–Trinajstić information content (AvgIpc) is 3.25. The fourth-order valence-electron chi connectivity index (χ4n) is 3.06. The molecule has 9 nitrogen and oxygen atoms in total. The topological polar surface area (TPSA) is 121 Å². The minimum absolute atomic E-state index is 0.0873. The molecule has 0 saturated heterocycles. The molecule has 2 aromatic carbocycles. The van der Waals surface area contributed by atoms with E-state index in [0.717, 1.165) is 0 Å². The van der Waals surface area contributed by atoms with Crippen molar-refractivity contribution in [2.45, 2.75) is 19.9 Å². The molecule has 2 amide bonds. The molecule has 0 unspecified atom stereocenters. The standard InChI is InChI=1S/C22H22Cl2N4O5/c1-3-8-28(11-19-26-27-21(33-19)14-6-4-5-7-15(14)23)22(30)13-9-16(24)20(17(10-13)31-2)32-12-18(25)29/h4-7,9-10H,3,8,11-12H2,1-2H3,(H2,25,29). The van der Waals surface area contributed by atoms with E-state index in [1.165, 1.54) is 19.2 Å². The largest absolute Gasteiger partial charge is 0.493 e. The number of aromatic nitrogens is 2. The van der Waals surface area contributed by atoms with E-state index < -0.39 is 5.91 Å². The van der Waals surface area contributed by atoms with Gasteiger partial charge < -0.3 is 24.5 Å². The normalized spacial score (nSPS) is 10.7. The van der Waals surface area contributed by atoms with Crippen molar-refractivity contribution < 1.29 is 23.5 Å². The first-order valence-electron chi connectivity index (χ1n) is 9.99. The van der Waals surface area contributed by atoms with Crippen LogP contribution in [0.15, 0.2) is 40.8 Å². The minimum Gasteiger partial charge on any atom is -0.493 e. The number of carbonyl (C=O) groups excluding carboxylic acids is 2. The highest BCUT2D eigenvalue weighted by Gasteiger charge is 2.23. The van der Waals surface area contributed by atoms with Crippen molar-refractivity contribution in [1.82, 2.24) is 15.1 Å². The Bertz CT molecular complexity index is 1150. The second kappa shape index (κ2) is 11.0. The van der Waals surface area contributed by atoms with Crippen LogP contribution in [0, 0.1) is 0 Å². The van der Waals surface area contributed by atoms with Gasteiger partial charge in [-0.1, -0.05) is 42.3 Å². The van der Waals surface area contributed by atoms with Crippen molar-refractivity contribution in [1.29, 1.82) is 0 Å². The van der Waals surface area contributed by atoms with Crippen molar-refractivity contribution in [3.8, 4) is 23.0 Å². The van der Waals surface area contributed by atoms with Crippen LogP contribution in [0.1, 0.15) is 29.6 Å². The molecule has 0 saturated carbocycles. The summed E-state index contributed by atoms with van der Waals surface area (Å²) in [4.78, 5) is 25.8. The van der Waals surface area contributed by atoms with Gasteiger partial charge in [-0.15, -0.1) is 10.2 Å². The number of hydrogen-bond acceptors (Lipinski definition) is 7. The predicted molar refractivity (Wildman–Crippen MR) is 122 cm³/mol. The number of carbonyl (C=O) groups is 2. The van der Waals surface area contributed by atoms with E-state index in [1.807, 2.05) is 13.0 Å². The lowest BCUT2D eigenvalue weighted by Gasteiger charge is -2.21. The Labute approximate surface area is 200 Å². The molecule has 0 aliphatic rings. The van der Waals surface area contributed by atoms with Crippen LogP contribution in [-0.2, 0) is 11.3 Å². The smallest absolute Gasteiger partial charge is 0.255 e. The number of nitrogens with zero attached hydrogens (tertiary/aromatic N) is 3. The average molecular weight is 493 g/mol. The van der Waals surface area contributed by atoms with E-state index in [1.54, 1.807) is 23.1 Å². The van der Waals surface area contributed by atoms with Crippen LogP contribution in [0.2, 0.25) is 10.0 Å². The van der Waals surface area contributed by atoms with Gasteiger partial charge in [0.2, 0.25) is 11.8 Å². The van der Waals surface area contributed by atoms with Crippen LogP contribution in [0.3, 0.4) is 0 Å².